The average Bonchev–Trinajstić information content (AvgIpc) is 3.62. The van der Waals surface area contributed by atoms with E-state index in [2.05, 4.69) is 170 Å². The predicted molar refractivity (Wildman–Crippen MR) is 243 cm³/mol. The van der Waals surface area contributed by atoms with Gasteiger partial charge < -0.3 is 0 Å². The largest absolute Gasteiger partial charge is 0.208 e. The summed E-state index contributed by atoms with van der Waals surface area (Å²) in [5.74, 6) is 4.65. The first kappa shape index (κ1) is 35.9. The molecule has 0 saturated heterocycles. The number of aromatic nitrogens is 3. The molecular weight excluding hydrogens is 741 g/mol. The molecule has 1 heterocycles. The summed E-state index contributed by atoms with van der Waals surface area (Å²) in [5.41, 5.74) is 13.9. The molecule has 0 spiro atoms. The molecule has 0 N–H and O–H groups in total. The van der Waals surface area contributed by atoms with E-state index in [4.69, 9.17) is 15.0 Å². The number of rotatable bonds is 7. The Morgan fingerprint density at radius 3 is 1.66 bits per heavy atom. The molecule has 13 rings (SSSR count). The van der Waals surface area contributed by atoms with Crippen LogP contribution in [0.25, 0.3) is 56.4 Å². The maximum atomic E-state index is 10.0. The normalized spacial score (nSPS) is 23.0. The van der Waals surface area contributed by atoms with Crippen LogP contribution in [0, 0.1) is 29.1 Å². The van der Waals surface area contributed by atoms with Gasteiger partial charge in [0.25, 0.3) is 0 Å². The van der Waals surface area contributed by atoms with Gasteiger partial charge in [0, 0.05) is 16.7 Å². The maximum Gasteiger partial charge on any atom is 0.164 e. The van der Waals surface area contributed by atoms with Gasteiger partial charge in [0.1, 0.15) is 0 Å². The van der Waals surface area contributed by atoms with E-state index in [0.717, 1.165) is 67.8 Å². The summed E-state index contributed by atoms with van der Waals surface area (Å²) in [7, 11) is 0. The van der Waals surface area contributed by atoms with Crippen LogP contribution < -0.4 is 0 Å². The molecule has 1 unspecified atom stereocenters. The minimum Gasteiger partial charge on any atom is -0.208 e. The number of hydrogen-bond donors (Lipinski definition) is 0. The van der Waals surface area contributed by atoms with Crippen molar-refractivity contribution in [1.29, 1.82) is 5.26 Å². The smallest absolute Gasteiger partial charge is 0.164 e. The summed E-state index contributed by atoms with van der Waals surface area (Å²) in [5, 5.41) is 10.0. The van der Waals surface area contributed by atoms with E-state index in [1.165, 1.54) is 55.2 Å². The summed E-state index contributed by atoms with van der Waals surface area (Å²) < 4.78 is 0. The summed E-state index contributed by atoms with van der Waals surface area (Å²) in [4.78, 5) is 15.8. The first-order valence-corrected chi connectivity index (χ1v) is 21.9. The van der Waals surface area contributed by atoms with Gasteiger partial charge in [0.15, 0.2) is 17.5 Å². The number of benzene rings is 7. The summed E-state index contributed by atoms with van der Waals surface area (Å²) in [6, 6.07) is 64.9. The van der Waals surface area contributed by atoms with Crippen molar-refractivity contribution >= 4 is 0 Å². The Labute approximate surface area is 357 Å². The summed E-state index contributed by atoms with van der Waals surface area (Å²) in [6.07, 6.45) is 8.34. The second-order valence-electron chi connectivity index (χ2n) is 18.1. The molecular formula is C57H44N4. The van der Waals surface area contributed by atoms with Crippen LogP contribution in [0.1, 0.15) is 71.9 Å². The molecule has 292 valence electrons. The van der Waals surface area contributed by atoms with Gasteiger partial charge in [0.2, 0.25) is 0 Å². The molecule has 7 aromatic carbocycles. The molecule has 5 aliphatic carbocycles. The zero-order valence-electron chi connectivity index (χ0n) is 34.0. The molecule has 4 nitrogen and oxygen atoms in total. The van der Waals surface area contributed by atoms with Crippen LogP contribution in [0.15, 0.2) is 176 Å². The molecule has 1 aromatic heterocycles. The van der Waals surface area contributed by atoms with Crippen LogP contribution >= 0.6 is 0 Å². The first-order chi connectivity index (χ1) is 30.1. The lowest BCUT2D eigenvalue weighted by Crippen LogP contribution is -2.48. The first-order valence-electron chi connectivity index (χ1n) is 21.9. The third-order valence-corrected chi connectivity index (χ3v) is 14.6. The van der Waals surface area contributed by atoms with Crippen molar-refractivity contribution < 1.29 is 0 Å². The fraction of sp³-hybridized carbons (Fsp3) is 0.193. The van der Waals surface area contributed by atoms with Crippen molar-refractivity contribution in [1.82, 2.24) is 15.0 Å². The SMILES string of the molecule is N#Cc1cccc(C2(c3ccccc3)c3ccccc3-c3cc(-c4nc(-c5ccc(C67C[C@H]8C[C@H](C6)C[C@@H](C7)C8)cc5)nc(-c5cccc(-c6ccccc6)c5)n4)ccc32)c1. The van der Waals surface area contributed by atoms with E-state index in [0.29, 0.717) is 28.5 Å². The second-order valence-corrected chi connectivity index (χ2v) is 18.1. The predicted octanol–water partition coefficient (Wildman–Crippen LogP) is 13.2. The highest BCUT2D eigenvalue weighted by Crippen LogP contribution is 2.61. The highest BCUT2D eigenvalue weighted by atomic mass is 15.0. The van der Waals surface area contributed by atoms with Gasteiger partial charge in [-0.05, 0) is 136 Å². The van der Waals surface area contributed by atoms with E-state index in [9.17, 15) is 5.26 Å². The van der Waals surface area contributed by atoms with Crippen LogP contribution in [-0.4, -0.2) is 15.0 Å². The van der Waals surface area contributed by atoms with Gasteiger partial charge in [0.05, 0.1) is 17.0 Å². The highest BCUT2D eigenvalue weighted by molar-refractivity contribution is 5.88. The Balaban J connectivity index is 1.02. The number of hydrogen-bond acceptors (Lipinski definition) is 4. The van der Waals surface area contributed by atoms with E-state index >= 15 is 0 Å². The average molecular weight is 785 g/mol. The maximum absolute atomic E-state index is 10.0. The molecule has 0 radical (unpaired) electrons. The van der Waals surface area contributed by atoms with Crippen molar-refractivity contribution in [2.75, 3.05) is 0 Å². The Hall–Kier alpha value is -6.96. The number of nitrogens with zero attached hydrogens (tertiary/aromatic N) is 4. The molecule has 4 fully saturated rings. The van der Waals surface area contributed by atoms with Crippen LogP contribution in [-0.2, 0) is 10.8 Å². The number of nitriles is 1. The van der Waals surface area contributed by atoms with Gasteiger partial charge in [-0.15, -0.1) is 0 Å². The molecule has 1 atom stereocenters. The molecule has 5 aliphatic rings. The Morgan fingerprint density at radius 1 is 0.410 bits per heavy atom. The highest BCUT2D eigenvalue weighted by Gasteiger charge is 2.51. The standard InChI is InChI=1S/C57H44N4/c58-36-37-11-9-18-48(30-37)57(47-16-5-2-6-17-47)51-20-8-7-19-49(51)50-32-45(23-26-52(50)57)55-60-53(59-54(61-55)44-15-10-14-43(31-44)41-12-3-1-4-13-41)42-21-24-46(25-22-42)56-33-38-27-39(34-56)29-40(28-38)35-56/h1-26,30-32,38-40H,27-29,33-35H2/t38-,39-,40-,56?,57?. The Kier molecular flexibility index (Phi) is 8.29. The van der Waals surface area contributed by atoms with E-state index in [-0.39, 0.29) is 0 Å². The van der Waals surface area contributed by atoms with Crippen LogP contribution in [0.5, 0.6) is 0 Å². The van der Waals surface area contributed by atoms with E-state index < -0.39 is 5.41 Å². The van der Waals surface area contributed by atoms with Gasteiger partial charge in [-0.3, -0.25) is 0 Å². The van der Waals surface area contributed by atoms with Crippen molar-refractivity contribution in [2.45, 2.75) is 49.4 Å². The topological polar surface area (TPSA) is 62.5 Å². The van der Waals surface area contributed by atoms with Gasteiger partial charge >= 0.3 is 0 Å². The van der Waals surface area contributed by atoms with Gasteiger partial charge in [-0.25, -0.2) is 15.0 Å². The molecule has 0 aliphatic heterocycles. The van der Waals surface area contributed by atoms with Gasteiger partial charge in [-0.1, -0.05) is 152 Å². The van der Waals surface area contributed by atoms with Crippen molar-refractivity contribution in [3.05, 3.63) is 209 Å². The lowest BCUT2D eigenvalue weighted by Gasteiger charge is -2.57. The molecule has 61 heavy (non-hydrogen) atoms. The summed E-state index contributed by atoms with van der Waals surface area (Å²) in [6.45, 7) is 0. The van der Waals surface area contributed by atoms with E-state index in [1.54, 1.807) is 0 Å². The van der Waals surface area contributed by atoms with Crippen LogP contribution in [0.2, 0.25) is 0 Å². The number of fused-ring (bicyclic) bond motifs is 3. The summed E-state index contributed by atoms with van der Waals surface area (Å²) >= 11 is 0. The fourth-order valence-corrected chi connectivity index (χ4v) is 12.4. The van der Waals surface area contributed by atoms with Gasteiger partial charge in [-0.2, -0.15) is 5.26 Å². The second kappa shape index (κ2) is 14.1. The van der Waals surface area contributed by atoms with Crippen molar-refractivity contribution in [2.24, 2.45) is 17.8 Å². The Morgan fingerprint density at radius 2 is 0.951 bits per heavy atom. The zero-order chi connectivity index (χ0) is 40.5. The minimum atomic E-state index is -0.621. The van der Waals surface area contributed by atoms with Crippen molar-refractivity contribution in [3.63, 3.8) is 0 Å². The lowest BCUT2D eigenvalue weighted by molar-refractivity contribution is -0.00518. The molecule has 0 amide bonds. The molecule has 4 heteroatoms. The molecule has 8 aromatic rings. The van der Waals surface area contributed by atoms with Crippen LogP contribution in [0.4, 0.5) is 0 Å². The quantitative estimate of drug-likeness (QED) is 0.161. The fourth-order valence-electron chi connectivity index (χ4n) is 12.4. The van der Waals surface area contributed by atoms with Crippen LogP contribution in [0.3, 0.4) is 0 Å². The molecule has 4 bridgehead atoms. The third kappa shape index (κ3) is 5.82. The molecule has 4 saturated carbocycles. The van der Waals surface area contributed by atoms with Crippen molar-refractivity contribution in [3.8, 4) is 62.5 Å². The van der Waals surface area contributed by atoms with E-state index in [1.807, 2.05) is 12.1 Å². The zero-order valence-corrected chi connectivity index (χ0v) is 34.0. The minimum absolute atomic E-state index is 0.326. The lowest BCUT2D eigenvalue weighted by atomic mass is 9.48. The Bertz CT molecular complexity index is 2980. The third-order valence-electron chi connectivity index (χ3n) is 14.6. The monoisotopic (exact) mass is 784 g/mol.